The first-order valence-corrected chi connectivity index (χ1v) is 7.81. The zero-order chi connectivity index (χ0) is 12.5. The third-order valence-corrected chi connectivity index (χ3v) is 5.10. The maximum Gasteiger partial charge on any atom is 0.0781 e. The minimum atomic E-state index is 0.129. The molecule has 0 bridgehead atoms. The van der Waals surface area contributed by atoms with Crippen LogP contribution in [0.3, 0.4) is 0 Å². The second-order valence-electron chi connectivity index (χ2n) is 6.88. The van der Waals surface area contributed by atoms with Gasteiger partial charge in [-0.25, -0.2) is 0 Å². The van der Waals surface area contributed by atoms with Crippen LogP contribution in [-0.2, 0) is 4.74 Å². The summed E-state index contributed by atoms with van der Waals surface area (Å²) in [6.45, 7) is 8.09. The molecule has 0 aromatic carbocycles. The maximum atomic E-state index is 5.97. The first-order valence-electron chi connectivity index (χ1n) is 7.81. The quantitative estimate of drug-likeness (QED) is 0.815. The van der Waals surface area contributed by atoms with E-state index in [-0.39, 0.29) is 5.60 Å². The van der Waals surface area contributed by atoms with E-state index in [4.69, 9.17) is 4.74 Å². The van der Waals surface area contributed by atoms with Crippen molar-refractivity contribution in [3.63, 3.8) is 0 Å². The van der Waals surface area contributed by atoms with Crippen LogP contribution in [0, 0.1) is 0 Å². The molecule has 104 valence electrons. The van der Waals surface area contributed by atoms with E-state index in [1.807, 2.05) is 0 Å². The highest BCUT2D eigenvalue weighted by Crippen LogP contribution is 2.33. The molecule has 0 aromatic heterocycles. The van der Waals surface area contributed by atoms with Gasteiger partial charge in [-0.3, -0.25) is 4.90 Å². The Morgan fingerprint density at radius 1 is 1.11 bits per heavy atom. The van der Waals surface area contributed by atoms with Crippen LogP contribution in [0.1, 0.15) is 51.9 Å². The lowest BCUT2D eigenvalue weighted by Gasteiger charge is -2.37. The molecule has 0 amide bonds. The minimum Gasteiger partial charge on any atom is -0.374 e. The molecule has 3 fully saturated rings. The summed E-state index contributed by atoms with van der Waals surface area (Å²) in [6, 6.07) is 0. The fraction of sp³-hybridized carbons (Fsp3) is 1.00. The van der Waals surface area contributed by atoms with E-state index >= 15 is 0 Å². The van der Waals surface area contributed by atoms with E-state index in [0.29, 0.717) is 5.54 Å². The molecule has 0 aromatic rings. The van der Waals surface area contributed by atoms with E-state index in [1.54, 1.807) is 0 Å². The third-order valence-electron chi connectivity index (χ3n) is 5.10. The van der Waals surface area contributed by atoms with Gasteiger partial charge in [0.1, 0.15) is 0 Å². The summed E-state index contributed by atoms with van der Waals surface area (Å²) in [7, 11) is 0. The van der Waals surface area contributed by atoms with E-state index < -0.39 is 0 Å². The first-order chi connectivity index (χ1) is 8.70. The molecule has 2 heterocycles. The summed E-state index contributed by atoms with van der Waals surface area (Å²) in [5.41, 5.74) is 0.565. The molecular formula is C15H28N2O. The van der Waals surface area contributed by atoms with Gasteiger partial charge < -0.3 is 10.1 Å². The number of hydrogen-bond acceptors (Lipinski definition) is 3. The van der Waals surface area contributed by atoms with E-state index in [0.717, 1.165) is 13.2 Å². The van der Waals surface area contributed by atoms with Gasteiger partial charge in [0.05, 0.1) is 5.60 Å². The maximum absolute atomic E-state index is 5.97. The van der Waals surface area contributed by atoms with Crippen molar-refractivity contribution in [2.45, 2.75) is 63.0 Å². The van der Waals surface area contributed by atoms with E-state index in [9.17, 15) is 0 Å². The standard InChI is InChI=1S/C15H28N2O/c1-14(6-4-11-18-14)12-17-10-5-9-16-15(13-17)7-2-3-8-15/h16H,2-13H2,1H3. The van der Waals surface area contributed by atoms with Crippen LogP contribution in [0.25, 0.3) is 0 Å². The van der Waals surface area contributed by atoms with E-state index in [1.165, 1.54) is 64.6 Å². The molecule has 0 radical (unpaired) electrons. The summed E-state index contributed by atoms with van der Waals surface area (Å²) < 4.78 is 5.97. The van der Waals surface area contributed by atoms with Crippen LogP contribution in [0.15, 0.2) is 0 Å². The summed E-state index contributed by atoms with van der Waals surface area (Å²) in [5, 5.41) is 3.84. The molecular weight excluding hydrogens is 224 g/mol. The Morgan fingerprint density at radius 2 is 1.94 bits per heavy atom. The Morgan fingerprint density at radius 3 is 2.67 bits per heavy atom. The lowest BCUT2D eigenvalue weighted by atomic mass is 9.95. The van der Waals surface area contributed by atoms with Gasteiger partial charge in [0.2, 0.25) is 0 Å². The molecule has 3 rings (SSSR count). The van der Waals surface area contributed by atoms with Gasteiger partial charge in [-0.2, -0.15) is 0 Å². The second kappa shape index (κ2) is 5.10. The normalized spacial score (nSPS) is 37.2. The minimum absolute atomic E-state index is 0.129. The molecule has 1 atom stereocenters. The molecule has 3 heteroatoms. The molecule has 1 saturated carbocycles. The Hall–Kier alpha value is -0.120. The van der Waals surface area contributed by atoms with Crippen molar-refractivity contribution >= 4 is 0 Å². The fourth-order valence-corrected chi connectivity index (χ4v) is 4.18. The van der Waals surface area contributed by atoms with Crippen molar-refractivity contribution in [3.8, 4) is 0 Å². The first kappa shape index (κ1) is 12.9. The number of nitrogens with one attached hydrogen (secondary N) is 1. The monoisotopic (exact) mass is 252 g/mol. The zero-order valence-corrected chi connectivity index (χ0v) is 11.8. The molecule has 1 aliphatic carbocycles. The van der Waals surface area contributed by atoms with Crippen molar-refractivity contribution in [2.75, 3.05) is 32.8 Å². The second-order valence-corrected chi connectivity index (χ2v) is 6.88. The molecule has 2 aliphatic heterocycles. The third kappa shape index (κ3) is 2.73. The van der Waals surface area contributed by atoms with Crippen LogP contribution < -0.4 is 5.32 Å². The molecule has 2 saturated heterocycles. The van der Waals surface area contributed by atoms with Crippen molar-refractivity contribution < 1.29 is 4.74 Å². The molecule has 18 heavy (non-hydrogen) atoms. The lowest BCUT2D eigenvalue weighted by Crippen LogP contribution is -2.51. The van der Waals surface area contributed by atoms with Crippen molar-refractivity contribution in [2.24, 2.45) is 0 Å². The van der Waals surface area contributed by atoms with Gasteiger partial charge in [0, 0.05) is 25.2 Å². The van der Waals surface area contributed by atoms with Crippen molar-refractivity contribution in [1.29, 1.82) is 0 Å². The SMILES string of the molecule is CC1(CN2CCCNC3(CCCC3)C2)CCCO1. The molecule has 1 unspecified atom stereocenters. The van der Waals surface area contributed by atoms with Gasteiger partial charge in [0.15, 0.2) is 0 Å². The van der Waals surface area contributed by atoms with Crippen LogP contribution in [0.2, 0.25) is 0 Å². The van der Waals surface area contributed by atoms with Crippen molar-refractivity contribution in [1.82, 2.24) is 10.2 Å². The summed E-state index contributed by atoms with van der Waals surface area (Å²) in [5.74, 6) is 0. The Kier molecular flexibility index (Phi) is 3.65. The van der Waals surface area contributed by atoms with Gasteiger partial charge in [0.25, 0.3) is 0 Å². The molecule has 3 nitrogen and oxygen atoms in total. The molecule has 1 N–H and O–H groups in total. The van der Waals surface area contributed by atoms with Crippen molar-refractivity contribution in [3.05, 3.63) is 0 Å². The predicted molar refractivity (Wildman–Crippen MR) is 73.8 cm³/mol. The summed E-state index contributed by atoms with van der Waals surface area (Å²) >= 11 is 0. The highest BCUT2D eigenvalue weighted by molar-refractivity contribution is 4.98. The number of nitrogens with zero attached hydrogens (tertiary/aromatic N) is 1. The highest BCUT2D eigenvalue weighted by atomic mass is 16.5. The smallest absolute Gasteiger partial charge is 0.0781 e. The number of rotatable bonds is 2. The Balaban J connectivity index is 1.63. The summed E-state index contributed by atoms with van der Waals surface area (Å²) in [4.78, 5) is 2.68. The average Bonchev–Trinajstić information content (AvgIpc) is 2.89. The fourth-order valence-electron chi connectivity index (χ4n) is 4.18. The number of hydrogen-bond donors (Lipinski definition) is 1. The molecule has 3 aliphatic rings. The Labute approximate surface area is 111 Å². The lowest BCUT2D eigenvalue weighted by molar-refractivity contribution is -0.0121. The average molecular weight is 252 g/mol. The largest absolute Gasteiger partial charge is 0.374 e. The predicted octanol–water partition coefficient (Wildman–Crippen LogP) is 2.16. The van der Waals surface area contributed by atoms with E-state index in [2.05, 4.69) is 17.1 Å². The number of ether oxygens (including phenoxy) is 1. The van der Waals surface area contributed by atoms with Gasteiger partial charge >= 0.3 is 0 Å². The van der Waals surface area contributed by atoms with Gasteiger partial charge in [-0.05, 0) is 52.1 Å². The van der Waals surface area contributed by atoms with Crippen LogP contribution in [0.5, 0.6) is 0 Å². The molecule has 1 spiro atoms. The van der Waals surface area contributed by atoms with Crippen LogP contribution >= 0.6 is 0 Å². The van der Waals surface area contributed by atoms with Gasteiger partial charge in [-0.15, -0.1) is 0 Å². The van der Waals surface area contributed by atoms with Crippen LogP contribution in [-0.4, -0.2) is 48.8 Å². The Bertz CT molecular complexity index is 280. The zero-order valence-electron chi connectivity index (χ0n) is 11.8. The topological polar surface area (TPSA) is 24.5 Å². The van der Waals surface area contributed by atoms with Gasteiger partial charge in [-0.1, -0.05) is 12.8 Å². The summed E-state index contributed by atoms with van der Waals surface area (Å²) in [6.07, 6.45) is 9.35. The van der Waals surface area contributed by atoms with Crippen LogP contribution in [0.4, 0.5) is 0 Å². The highest BCUT2D eigenvalue weighted by Gasteiger charge is 2.39.